The standard InChI is InChI=1S/C27H38N3O3/c1-20(2)17-30(19-27(4,5)29-25(31)16-11-21(3)26(28)32)23-12-14-24(15-13-23)33-18-22-9-7-6-8-10-22/h6-10,12-16,20-21H,11,17-19H2,1-5H3,(H2,28,32)(H,29,31). The molecular formula is C27H38N3O3. The lowest BCUT2D eigenvalue weighted by atomic mass is 10.0. The molecule has 0 heterocycles. The van der Waals surface area contributed by atoms with Crippen molar-refractivity contribution in [2.75, 3.05) is 18.0 Å². The summed E-state index contributed by atoms with van der Waals surface area (Å²) in [5.41, 5.74) is 7.01. The summed E-state index contributed by atoms with van der Waals surface area (Å²) in [6, 6.07) is 18.2. The number of primary amides is 1. The van der Waals surface area contributed by atoms with E-state index in [0.29, 0.717) is 25.5 Å². The minimum absolute atomic E-state index is 0.192. The number of carbonyl (C=O) groups is 2. The molecule has 0 aliphatic carbocycles. The minimum Gasteiger partial charge on any atom is -0.489 e. The molecule has 6 heteroatoms. The normalized spacial score (nSPS) is 12.3. The molecule has 1 radical (unpaired) electrons. The third-order valence-corrected chi connectivity index (χ3v) is 5.23. The van der Waals surface area contributed by atoms with Gasteiger partial charge in [-0.1, -0.05) is 51.1 Å². The number of ether oxygens (including phenoxy) is 1. The summed E-state index contributed by atoms with van der Waals surface area (Å²) in [5.74, 6) is 0.310. The van der Waals surface area contributed by atoms with Crippen molar-refractivity contribution < 1.29 is 14.3 Å². The molecule has 0 aliphatic heterocycles. The highest BCUT2D eigenvalue weighted by Crippen LogP contribution is 2.23. The van der Waals surface area contributed by atoms with Crippen molar-refractivity contribution in [3.63, 3.8) is 0 Å². The highest BCUT2D eigenvalue weighted by molar-refractivity contribution is 5.86. The summed E-state index contributed by atoms with van der Waals surface area (Å²) in [4.78, 5) is 25.9. The van der Waals surface area contributed by atoms with Gasteiger partial charge in [-0.05, 0) is 56.0 Å². The predicted octanol–water partition coefficient (Wildman–Crippen LogP) is 4.34. The first-order valence-electron chi connectivity index (χ1n) is 11.5. The van der Waals surface area contributed by atoms with Crippen LogP contribution >= 0.6 is 0 Å². The number of nitrogens with zero attached hydrogens (tertiary/aromatic N) is 1. The van der Waals surface area contributed by atoms with Crippen LogP contribution in [0.1, 0.15) is 46.6 Å². The highest BCUT2D eigenvalue weighted by atomic mass is 16.5. The molecule has 2 rings (SSSR count). The molecule has 0 fully saturated rings. The molecule has 33 heavy (non-hydrogen) atoms. The predicted molar refractivity (Wildman–Crippen MR) is 134 cm³/mol. The number of hydrogen-bond donors (Lipinski definition) is 2. The molecule has 0 aliphatic rings. The van der Waals surface area contributed by atoms with E-state index in [1.54, 1.807) is 6.92 Å². The highest BCUT2D eigenvalue weighted by Gasteiger charge is 2.25. The molecule has 179 valence electrons. The van der Waals surface area contributed by atoms with Crippen molar-refractivity contribution in [3.8, 4) is 5.75 Å². The number of nitrogens with two attached hydrogens (primary N) is 1. The first kappa shape index (κ1) is 26.2. The maximum absolute atomic E-state index is 12.4. The van der Waals surface area contributed by atoms with Crippen LogP contribution in [0.4, 0.5) is 5.69 Å². The molecule has 2 aromatic carbocycles. The largest absolute Gasteiger partial charge is 0.489 e. The monoisotopic (exact) mass is 452 g/mol. The Labute approximate surface area is 198 Å². The van der Waals surface area contributed by atoms with E-state index in [0.717, 1.165) is 23.5 Å². The zero-order valence-electron chi connectivity index (χ0n) is 20.5. The Balaban J connectivity index is 1.99. The van der Waals surface area contributed by atoms with Crippen LogP contribution < -0.4 is 20.7 Å². The van der Waals surface area contributed by atoms with Gasteiger partial charge in [0.25, 0.3) is 0 Å². The maximum Gasteiger partial charge on any atom is 0.224 e. The Kier molecular flexibility index (Phi) is 9.76. The van der Waals surface area contributed by atoms with E-state index in [2.05, 4.69) is 36.2 Å². The number of hydrogen-bond acceptors (Lipinski definition) is 4. The molecular weight excluding hydrogens is 414 g/mol. The number of rotatable bonds is 13. The van der Waals surface area contributed by atoms with E-state index in [9.17, 15) is 9.59 Å². The second kappa shape index (κ2) is 12.3. The van der Waals surface area contributed by atoms with Gasteiger partial charge in [-0.15, -0.1) is 0 Å². The lowest BCUT2D eigenvalue weighted by Gasteiger charge is -2.36. The van der Waals surface area contributed by atoms with Crippen molar-refractivity contribution in [3.05, 3.63) is 66.6 Å². The summed E-state index contributed by atoms with van der Waals surface area (Å²) in [6.07, 6.45) is 1.83. The second-order valence-corrected chi connectivity index (χ2v) is 9.66. The van der Waals surface area contributed by atoms with Crippen molar-refractivity contribution in [1.82, 2.24) is 5.32 Å². The van der Waals surface area contributed by atoms with Crippen LogP contribution in [0.3, 0.4) is 0 Å². The Hall–Kier alpha value is -3.02. The van der Waals surface area contributed by atoms with Crippen LogP contribution in [0.5, 0.6) is 5.75 Å². The van der Waals surface area contributed by atoms with Crippen molar-refractivity contribution in [2.24, 2.45) is 17.6 Å². The van der Waals surface area contributed by atoms with Crippen molar-refractivity contribution in [2.45, 2.75) is 53.2 Å². The molecule has 0 aromatic heterocycles. The van der Waals surface area contributed by atoms with Crippen LogP contribution in [-0.2, 0) is 16.2 Å². The van der Waals surface area contributed by atoms with Gasteiger partial charge >= 0.3 is 0 Å². The average molecular weight is 453 g/mol. The molecule has 1 atom stereocenters. The lowest BCUT2D eigenvalue weighted by Crippen LogP contribution is -2.52. The molecule has 6 nitrogen and oxygen atoms in total. The number of carbonyl (C=O) groups excluding carboxylic acids is 2. The molecule has 0 bridgehead atoms. The molecule has 2 amide bonds. The summed E-state index contributed by atoms with van der Waals surface area (Å²) in [7, 11) is 0. The summed E-state index contributed by atoms with van der Waals surface area (Å²) >= 11 is 0. The van der Waals surface area contributed by atoms with Crippen LogP contribution in [0.25, 0.3) is 0 Å². The summed E-state index contributed by atoms with van der Waals surface area (Å²) in [6.45, 7) is 12.1. The second-order valence-electron chi connectivity index (χ2n) is 9.66. The lowest BCUT2D eigenvalue weighted by molar-refractivity contribution is -0.121. The SMILES string of the molecule is CC(C)CN(CC(C)(C)NC(=O)[CH]CC(C)C(N)=O)c1ccc(OCc2ccccc2)cc1. The van der Waals surface area contributed by atoms with Gasteiger partial charge in [0.1, 0.15) is 12.4 Å². The first-order valence-corrected chi connectivity index (χ1v) is 11.5. The van der Waals surface area contributed by atoms with Gasteiger partial charge in [-0.3, -0.25) is 9.59 Å². The number of anilines is 1. The van der Waals surface area contributed by atoms with Crippen molar-refractivity contribution >= 4 is 17.5 Å². The van der Waals surface area contributed by atoms with E-state index >= 15 is 0 Å². The van der Waals surface area contributed by atoms with Gasteiger partial charge in [0, 0.05) is 24.7 Å². The fourth-order valence-corrected chi connectivity index (χ4v) is 3.50. The maximum atomic E-state index is 12.4. The molecule has 2 aromatic rings. The Morgan fingerprint density at radius 2 is 1.70 bits per heavy atom. The van der Waals surface area contributed by atoms with E-state index in [4.69, 9.17) is 10.5 Å². The molecule has 0 saturated heterocycles. The van der Waals surface area contributed by atoms with Gasteiger partial charge in [0.05, 0.1) is 12.0 Å². The topological polar surface area (TPSA) is 84.7 Å². The fraction of sp³-hybridized carbons (Fsp3) is 0.444. The quantitative estimate of drug-likeness (QED) is 0.473. The van der Waals surface area contributed by atoms with Gasteiger partial charge in [-0.2, -0.15) is 0 Å². The van der Waals surface area contributed by atoms with Gasteiger partial charge in [0.15, 0.2) is 0 Å². The van der Waals surface area contributed by atoms with E-state index in [1.165, 1.54) is 6.42 Å². The van der Waals surface area contributed by atoms with E-state index in [1.807, 2.05) is 56.3 Å². The van der Waals surface area contributed by atoms with Crippen LogP contribution in [-0.4, -0.2) is 30.4 Å². The number of nitrogens with one attached hydrogen (secondary N) is 1. The van der Waals surface area contributed by atoms with Crippen LogP contribution in [0.2, 0.25) is 0 Å². The fourth-order valence-electron chi connectivity index (χ4n) is 3.50. The molecule has 3 N–H and O–H groups in total. The van der Waals surface area contributed by atoms with Gasteiger partial charge < -0.3 is 20.7 Å². The third kappa shape index (κ3) is 9.56. The zero-order valence-corrected chi connectivity index (χ0v) is 20.5. The number of amides is 2. The third-order valence-electron chi connectivity index (χ3n) is 5.23. The molecule has 0 saturated carbocycles. The van der Waals surface area contributed by atoms with Gasteiger partial charge in [-0.25, -0.2) is 0 Å². The minimum atomic E-state index is -0.471. The van der Waals surface area contributed by atoms with Crippen LogP contribution in [0.15, 0.2) is 54.6 Å². The average Bonchev–Trinajstić information content (AvgIpc) is 2.75. The summed E-state index contributed by atoms with van der Waals surface area (Å²) in [5, 5.41) is 3.06. The van der Waals surface area contributed by atoms with E-state index in [-0.39, 0.29) is 11.8 Å². The summed E-state index contributed by atoms with van der Waals surface area (Å²) < 4.78 is 5.91. The molecule has 1 unspecified atom stereocenters. The number of benzene rings is 2. The van der Waals surface area contributed by atoms with Gasteiger partial charge in [0.2, 0.25) is 11.8 Å². The Bertz CT molecular complexity index is 879. The van der Waals surface area contributed by atoms with E-state index < -0.39 is 11.4 Å². The Morgan fingerprint density at radius 3 is 2.27 bits per heavy atom. The Morgan fingerprint density at radius 1 is 1.06 bits per heavy atom. The smallest absolute Gasteiger partial charge is 0.224 e. The van der Waals surface area contributed by atoms with Crippen molar-refractivity contribution in [1.29, 1.82) is 0 Å². The first-order chi connectivity index (χ1) is 15.6. The zero-order chi connectivity index (χ0) is 24.4. The van der Waals surface area contributed by atoms with Crippen LogP contribution in [0, 0.1) is 18.3 Å². The molecule has 0 spiro atoms.